The Kier molecular flexibility index (Phi) is 3.18. The summed E-state index contributed by atoms with van der Waals surface area (Å²) in [5.41, 5.74) is 5.93. The fourth-order valence-corrected chi connectivity index (χ4v) is 1.65. The van der Waals surface area contributed by atoms with Crippen LogP contribution in [0.15, 0.2) is 35.1 Å². The number of furan rings is 1. The molecule has 3 N–H and O–H groups in total. The molecule has 0 atom stereocenters. The molecule has 0 aliphatic carbocycles. The van der Waals surface area contributed by atoms with Crippen LogP contribution in [0.5, 0.6) is 0 Å². The van der Waals surface area contributed by atoms with Gasteiger partial charge in [-0.3, -0.25) is 0 Å². The smallest absolute Gasteiger partial charge is 0.339 e. The average Bonchev–Trinajstić information content (AvgIpc) is 2.81. The summed E-state index contributed by atoms with van der Waals surface area (Å²) in [6.07, 6.45) is 3.00. The number of carboxylic acids is 1. The van der Waals surface area contributed by atoms with Crippen LogP contribution in [0, 0.1) is 0 Å². The monoisotopic (exact) mass is 247 g/mol. The summed E-state index contributed by atoms with van der Waals surface area (Å²) in [5, 5.41) is 9.12. The Morgan fingerprint density at radius 1 is 1.61 bits per heavy atom. The zero-order valence-corrected chi connectivity index (χ0v) is 9.83. The third-order valence-electron chi connectivity index (χ3n) is 2.45. The molecule has 0 amide bonds. The van der Waals surface area contributed by atoms with Crippen molar-refractivity contribution in [2.75, 3.05) is 17.7 Å². The van der Waals surface area contributed by atoms with Gasteiger partial charge in [-0.25, -0.2) is 9.78 Å². The van der Waals surface area contributed by atoms with Gasteiger partial charge in [0.25, 0.3) is 0 Å². The van der Waals surface area contributed by atoms with E-state index < -0.39 is 5.97 Å². The maximum Gasteiger partial charge on any atom is 0.339 e. The molecule has 2 aromatic heterocycles. The summed E-state index contributed by atoms with van der Waals surface area (Å²) in [6.45, 7) is 0.435. The topological polar surface area (TPSA) is 92.6 Å². The van der Waals surface area contributed by atoms with Gasteiger partial charge in [-0.05, 0) is 18.2 Å². The van der Waals surface area contributed by atoms with Gasteiger partial charge in [0.1, 0.15) is 17.1 Å². The molecule has 0 spiro atoms. The van der Waals surface area contributed by atoms with E-state index in [0.717, 1.165) is 5.76 Å². The summed E-state index contributed by atoms with van der Waals surface area (Å²) in [7, 11) is 1.74. The number of nitrogens with two attached hydrogens (primary N) is 1. The summed E-state index contributed by atoms with van der Waals surface area (Å²) < 4.78 is 5.21. The van der Waals surface area contributed by atoms with Crippen molar-refractivity contribution in [3.05, 3.63) is 42.0 Å². The third-order valence-corrected chi connectivity index (χ3v) is 2.45. The van der Waals surface area contributed by atoms with Crippen LogP contribution >= 0.6 is 0 Å². The van der Waals surface area contributed by atoms with Gasteiger partial charge in [0, 0.05) is 7.05 Å². The molecule has 0 fully saturated rings. The van der Waals surface area contributed by atoms with E-state index in [2.05, 4.69) is 4.98 Å². The van der Waals surface area contributed by atoms with Crippen LogP contribution < -0.4 is 10.6 Å². The molecule has 0 unspecified atom stereocenters. The number of aromatic carboxylic acids is 1. The molecule has 2 rings (SSSR count). The van der Waals surface area contributed by atoms with E-state index in [1.54, 1.807) is 24.3 Å². The van der Waals surface area contributed by atoms with Crippen LogP contribution in [0.3, 0.4) is 0 Å². The van der Waals surface area contributed by atoms with Crippen LogP contribution in [-0.4, -0.2) is 23.1 Å². The average molecular weight is 247 g/mol. The molecule has 0 saturated heterocycles. The molecule has 94 valence electrons. The van der Waals surface area contributed by atoms with Crippen molar-refractivity contribution < 1.29 is 14.3 Å². The number of hydrogen-bond donors (Lipinski definition) is 2. The Hall–Kier alpha value is -2.50. The maximum absolute atomic E-state index is 11.1. The first-order valence-electron chi connectivity index (χ1n) is 5.30. The fraction of sp³-hybridized carbons (Fsp3) is 0.167. The van der Waals surface area contributed by atoms with E-state index >= 15 is 0 Å². The van der Waals surface area contributed by atoms with Crippen molar-refractivity contribution in [2.45, 2.75) is 6.54 Å². The second-order valence-electron chi connectivity index (χ2n) is 3.88. The number of nitrogen functional groups attached to an aromatic ring is 1. The molecule has 0 saturated carbocycles. The lowest BCUT2D eigenvalue weighted by Crippen LogP contribution is -2.20. The SMILES string of the molecule is CN(Cc1ccco1)c1ncc(N)cc1C(=O)O. The molecular weight excluding hydrogens is 234 g/mol. The quantitative estimate of drug-likeness (QED) is 0.852. The predicted molar refractivity (Wildman–Crippen MR) is 66.4 cm³/mol. The molecule has 18 heavy (non-hydrogen) atoms. The first-order chi connectivity index (χ1) is 8.58. The Balaban J connectivity index is 2.29. The van der Waals surface area contributed by atoms with E-state index in [9.17, 15) is 4.79 Å². The fourth-order valence-electron chi connectivity index (χ4n) is 1.65. The second kappa shape index (κ2) is 4.79. The molecule has 2 heterocycles. The van der Waals surface area contributed by atoms with E-state index in [1.165, 1.54) is 12.3 Å². The van der Waals surface area contributed by atoms with Crippen molar-refractivity contribution in [2.24, 2.45) is 0 Å². The van der Waals surface area contributed by atoms with Gasteiger partial charge >= 0.3 is 5.97 Å². The van der Waals surface area contributed by atoms with Gasteiger partial charge in [-0.1, -0.05) is 0 Å². The first kappa shape index (κ1) is 12.0. The summed E-state index contributed by atoms with van der Waals surface area (Å²) in [4.78, 5) is 16.9. The molecule has 2 aromatic rings. The molecule has 6 nitrogen and oxygen atoms in total. The van der Waals surface area contributed by atoms with Crippen LogP contribution in [-0.2, 0) is 6.54 Å². The number of carbonyl (C=O) groups is 1. The van der Waals surface area contributed by atoms with Gasteiger partial charge in [0.2, 0.25) is 0 Å². The Morgan fingerprint density at radius 3 is 3.00 bits per heavy atom. The van der Waals surface area contributed by atoms with Gasteiger partial charge in [-0.2, -0.15) is 0 Å². The highest BCUT2D eigenvalue weighted by Crippen LogP contribution is 2.20. The van der Waals surface area contributed by atoms with E-state index in [0.29, 0.717) is 18.1 Å². The number of aromatic nitrogens is 1. The normalized spacial score (nSPS) is 10.3. The second-order valence-corrected chi connectivity index (χ2v) is 3.88. The minimum Gasteiger partial charge on any atom is -0.478 e. The van der Waals surface area contributed by atoms with E-state index in [4.69, 9.17) is 15.3 Å². The number of hydrogen-bond acceptors (Lipinski definition) is 5. The highest BCUT2D eigenvalue weighted by Gasteiger charge is 2.16. The van der Waals surface area contributed by atoms with Gasteiger partial charge < -0.3 is 20.2 Å². The van der Waals surface area contributed by atoms with Crippen molar-refractivity contribution in [1.29, 1.82) is 0 Å². The number of carboxylic acid groups (broad SMARTS) is 1. The summed E-state index contributed by atoms with van der Waals surface area (Å²) in [5.74, 6) is 0.0247. The van der Waals surface area contributed by atoms with Crippen molar-refractivity contribution in [1.82, 2.24) is 4.98 Å². The first-order valence-corrected chi connectivity index (χ1v) is 5.30. The van der Waals surface area contributed by atoms with Crippen LogP contribution in [0.4, 0.5) is 11.5 Å². The van der Waals surface area contributed by atoms with Gasteiger partial charge in [0.15, 0.2) is 0 Å². The predicted octanol–water partition coefficient (Wildman–Crippen LogP) is 1.59. The lowest BCUT2D eigenvalue weighted by Gasteiger charge is -2.18. The molecule has 0 aromatic carbocycles. The lowest BCUT2D eigenvalue weighted by molar-refractivity contribution is 0.0697. The molecule has 0 aliphatic heterocycles. The van der Waals surface area contributed by atoms with Gasteiger partial charge in [0.05, 0.1) is 24.7 Å². The van der Waals surface area contributed by atoms with Crippen molar-refractivity contribution >= 4 is 17.5 Å². The zero-order valence-electron chi connectivity index (χ0n) is 9.83. The van der Waals surface area contributed by atoms with Crippen molar-refractivity contribution in [3.8, 4) is 0 Å². The number of pyridine rings is 1. The standard InChI is InChI=1S/C12H13N3O3/c1-15(7-9-3-2-4-18-9)11-10(12(16)17)5-8(13)6-14-11/h2-6H,7,13H2,1H3,(H,16,17). The van der Waals surface area contributed by atoms with Gasteiger partial charge in [-0.15, -0.1) is 0 Å². The number of nitrogens with zero attached hydrogens (tertiary/aromatic N) is 2. The minimum absolute atomic E-state index is 0.0732. The number of rotatable bonds is 4. The summed E-state index contributed by atoms with van der Waals surface area (Å²) in [6, 6.07) is 4.98. The van der Waals surface area contributed by atoms with E-state index in [-0.39, 0.29) is 5.56 Å². The van der Waals surface area contributed by atoms with E-state index in [1.807, 2.05) is 6.07 Å². The molecule has 0 bridgehead atoms. The molecule has 0 aliphatic rings. The molecule has 6 heteroatoms. The van der Waals surface area contributed by atoms with Crippen LogP contribution in [0.25, 0.3) is 0 Å². The largest absolute Gasteiger partial charge is 0.478 e. The third kappa shape index (κ3) is 2.42. The van der Waals surface area contributed by atoms with Crippen molar-refractivity contribution in [3.63, 3.8) is 0 Å². The molecule has 0 radical (unpaired) electrons. The Bertz CT molecular complexity index is 552. The highest BCUT2D eigenvalue weighted by molar-refractivity contribution is 5.94. The van der Waals surface area contributed by atoms with Crippen LogP contribution in [0.1, 0.15) is 16.1 Å². The lowest BCUT2D eigenvalue weighted by atomic mass is 10.2. The highest BCUT2D eigenvalue weighted by atomic mass is 16.4. The van der Waals surface area contributed by atoms with Crippen LogP contribution in [0.2, 0.25) is 0 Å². The Morgan fingerprint density at radius 2 is 2.39 bits per heavy atom. The Labute approximate surface area is 104 Å². The molecular formula is C12H13N3O3. The maximum atomic E-state index is 11.1. The zero-order chi connectivity index (χ0) is 13.1. The minimum atomic E-state index is -1.06. The summed E-state index contributed by atoms with van der Waals surface area (Å²) >= 11 is 0. The number of anilines is 2.